The number of para-hydroxylation sites is 1. The van der Waals surface area contributed by atoms with E-state index in [4.69, 9.17) is 0 Å². The van der Waals surface area contributed by atoms with Gasteiger partial charge >= 0.3 is 0 Å². The molecule has 0 bridgehead atoms. The zero-order valence-corrected chi connectivity index (χ0v) is 15.9. The van der Waals surface area contributed by atoms with Crippen LogP contribution in [-0.4, -0.2) is 11.3 Å². The summed E-state index contributed by atoms with van der Waals surface area (Å²) in [7, 11) is 0. The molecular formula is C22H29NO. The zero-order valence-electron chi connectivity index (χ0n) is 15.9. The Bertz CT molecular complexity index is 759. The molecule has 0 saturated heterocycles. The quantitative estimate of drug-likeness (QED) is 0.671. The molecule has 0 unspecified atom stereocenters. The molecule has 0 radical (unpaired) electrons. The molecule has 1 N–H and O–H groups in total. The summed E-state index contributed by atoms with van der Waals surface area (Å²) in [4.78, 5) is 4.60. The minimum Gasteiger partial charge on any atom is -0.507 e. The van der Waals surface area contributed by atoms with Gasteiger partial charge in [-0.1, -0.05) is 65.8 Å². The van der Waals surface area contributed by atoms with Crippen LogP contribution in [0, 0.1) is 6.92 Å². The van der Waals surface area contributed by atoms with Gasteiger partial charge in [0.1, 0.15) is 5.75 Å². The Labute approximate surface area is 146 Å². The number of aromatic hydroxyl groups is 1. The lowest BCUT2D eigenvalue weighted by atomic mass is 9.79. The van der Waals surface area contributed by atoms with Gasteiger partial charge in [0.25, 0.3) is 0 Å². The van der Waals surface area contributed by atoms with Crippen LogP contribution in [0.5, 0.6) is 5.75 Å². The van der Waals surface area contributed by atoms with Gasteiger partial charge < -0.3 is 5.11 Å². The maximum absolute atomic E-state index is 10.8. The maximum Gasteiger partial charge on any atom is 0.128 e. The molecule has 0 saturated carbocycles. The molecule has 2 nitrogen and oxygen atoms in total. The Morgan fingerprint density at radius 2 is 1.54 bits per heavy atom. The van der Waals surface area contributed by atoms with E-state index in [0.717, 1.165) is 22.4 Å². The van der Waals surface area contributed by atoms with Gasteiger partial charge in [-0.2, -0.15) is 0 Å². The molecule has 2 aromatic carbocycles. The average molecular weight is 323 g/mol. The Balaban J connectivity index is 2.59. The van der Waals surface area contributed by atoms with E-state index in [0.29, 0.717) is 5.75 Å². The lowest BCUT2D eigenvalue weighted by molar-refractivity contribution is 0.444. The van der Waals surface area contributed by atoms with Crippen LogP contribution in [0.3, 0.4) is 0 Å². The van der Waals surface area contributed by atoms with Crippen LogP contribution in [0.25, 0.3) is 0 Å². The van der Waals surface area contributed by atoms with E-state index in [-0.39, 0.29) is 10.8 Å². The van der Waals surface area contributed by atoms with E-state index in [1.165, 1.54) is 5.56 Å². The third-order valence-electron chi connectivity index (χ3n) is 4.27. The van der Waals surface area contributed by atoms with E-state index in [2.05, 4.69) is 52.6 Å². The fraction of sp³-hybridized carbons (Fsp3) is 0.409. The standard InChI is InChI=1S/C22H29NO/c1-15-10-8-9-11-19(15)23-14-16-12-17(21(2,3)4)13-18(20(16)24)22(5,6)7/h8-14,24H,1-7H3/b23-14+. The predicted octanol–water partition coefficient (Wildman–Crippen LogP) is 6.05. The summed E-state index contributed by atoms with van der Waals surface area (Å²) in [5, 5.41) is 10.8. The Morgan fingerprint density at radius 3 is 2.08 bits per heavy atom. The van der Waals surface area contributed by atoms with Gasteiger partial charge in [-0.05, 0) is 41.0 Å². The van der Waals surface area contributed by atoms with E-state index in [1.54, 1.807) is 6.21 Å². The second-order valence-electron chi connectivity index (χ2n) is 8.51. The first kappa shape index (κ1) is 18.3. The highest BCUT2D eigenvalue weighted by Crippen LogP contribution is 2.37. The van der Waals surface area contributed by atoms with E-state index in [1.807, 2.05) is 37.3 Å². The van der Waals surface area contributed by atoms with Crippen molar-refractivity contribution in [3.8, 4) is 5.75 Å². The molecule has 0 aliphatic heterocycles. The molecule has 2 heteroatoms. The number of aryl methyl sites for hydroxylation is 1. The van der Waals surface area contributed by atoms with Crippen molar-refractivity contribution in [2.75, 3.05) is 0 Å². The fourth-order valence-corrected chi connectivity index (χ4v) is 2.61. The molecule has 0 spiro atoms. The Kier molecular flexibility index (Phi) is 4.89. The summed E-state index contributed by atoms with van der Waals surface area (Å²) in [6.45, 7) is 15.0. The summed E-state index contributed by atoms with van der Waals surface area (Å²) in [5.41, 5.74) is 4.87. The van der Waals surface area contributed by atoms with Crippen molar-refractivity contribution in [1.29, 1.82) is 0 Å². The molecule has 0 aromatic heterocycles. The van der Waals surface area contributed by atoms with Crippen LogP contribution >= 0.6 is 0 Å². The van der Waals surface area contributed by atoms with Crippen LogP contribution in [0.1, 0.15) is 63.8 Å². The van der Waals surface area contributed by atoms with Gasteiger partial charge in [0.15, 0.2) is 0 Å². The number of rotatable bonds is 2. The maximum atomic E-state index is 10.8. The topological polar surface area (TPSA) is 32.6 Å². The molecule has 2 aromatic rings. The van der Waals surface area contributed by atoms with Crippen molar-refractivity contribution < 1.29 is 5.11 Å². The highest BCUT2D eigenvalue weighted by atomic mass is 16.3. The second-order valence-corrected chi connectivity index (χ2v) is 8.51. The van der Waals surface area contributed by atoms with Crippen molar-refractivity contribution >= 4 is 11.9 Å². The number of hydrogen-bond acceptors (Lipinski definition) is 2. The van der Waals surface area contributed by atoms with Crippen LogP contribution in [0.15, 0.2) is 41.4 Å². The summed E-state index contributed by atoms with van der Waals surface area (Å²) < 4.78 is 0. The summed E-state index contributed by atoms with van der Waals surface area (Å²) >= 11 is 0. The first-order valence-corrected chi connectivity index (χ1v) is 8.48. The van der Waals surface area contributed by atoms with Crippen LogP contribution < -0.4 is 0 Å². The molecule has 0 aliphatic rings. The minimum absolute atomic E-state index is 0.0129. The van der Waals surface area contributed by atoms with Gasteiger partial charge in [0.2, 0.25) is 0 Å². The molecule has 0 atom stereocenters. The largest absolute Gasteiger partial charge is 0.507 e. The number of aliphatic imine (C=N–C) groups is 1. The van der Waals surface area contributed by atoms with Crippen molar-refractivity contribution in [1.82, 2.24) is 0 Å². The van der Waals surface area contributed by atoms with Crippen LogP contribution in [-0.2, 0) is 10.8 Å². The van der Waals surface area contributed by atoms with Gasteiger partial charge in [-0.25, -0.2) is 0 Å². The van der Waals surface area contributed by atoms with Gasteiger partial charge in [-0.15, -0.1) is 0 Å². The van der Waals surface area contributed by atoms with Crippen LogP contribution in [0.2, 0.25) is 0 Å². The van der Waals surface area contributed by atoms with Crippen molar-refractivity contribution in [3.05, 3.63) is 58.7 Å². The molecule has 0 amide bonds. The van der Waals surface area contributed by atoms with E-state index < -0.39 is 0 Å². The molecular weight excluding hydrogens is 294 g/mol. The molecule has 0 fully saturated rings. The minimum atomic E-state index is -0.128. The number of hydrogen-bond donors (Lipinski definition) is 1. The summed E-state index contributed by atoms with van der Waals surface area (Å²) in [6.07, 6.45) is 1.78. The fourth-order valence-electron chi connectivity index (χ4n) is 2.61. The SMILES string of the molecule is Cc1ccccc1/N=C/c1cc(C(C)(C)C)cc(C(C)(C)C)c1O. The summed E-state index contributed by atoms with van der Waals surface area (Å²) in [5.74, 6) is 0.327. The van der Waals surface area contributed by atoms with Gasteiger partial charge in [0.05, 0.1) is 5.69 Å². The third-order valence-corrected chi connectivity index (χ3v) is 4.27. The number of phenolic OH excluding ortho intramolecular Hbond substituents is 1. The van der Waals surface area contributed by atoms with Gasteiger partial charge in [-0.3, -0.25) is 4.99 Å². The number of phenols is 1. The van der Waals surface area contributed by atoms with Crippen molar-refractivity contribution in [3.63, 3.8) is 0 Å². The lowest BCUT2D eigenvalue weighted by Gasteiger charge is -2.27. The van der Waals surface area contributed by atoms with E-state index >= 15 is 0 Å². The molecule has 0 aliphatic carbocycles. The number of benzene rings is 2. The monoisotopic (exact) mass is 323 g/mol. The lowest BCUT2D eigenvalue weighted by Crippen LogP contribution is -2.17. The van der Waals surface area contributed by atoms with Crippen molar-refractivity contribution in [2.45, 2.75) is 59.3 Å². The Hall–Kier alpha value is -2.09. The first-order valence-electron chi connectivity index (χ1n) is 8.48. The smallest absolute Gasteiger partial charge is 0.128 e. The average Bonchev–Trinajstić information content (AvgIpc) is 2.45. The summed E-state index contributed by atoms with van der Waals surface area (Å²) in [6, 6.07) is 12.2. The molecule has 24 heavy (non-hydrogen) atoms. The highest BCUT2D eigenvalue weighted by Gasteiger charge is 2.24. The van der Waals surface area contributed by atoms with Crippen molar-refractivity contribution in [2.24, 2.45) is 4.99 Å². The van der Waals surface area contributed by atoms with Gasteiger partial charge in [0, 0.05) is 17.3 Å². The normalized spacial score (nSPS) is 12.8. The molecule has 128 valence electrons. The first-order chi connectivity index (χ1) is 11.0. The zero-order chi connectivity index (χ0) is 18.1. The molecule has 0 heterocycles. The third kappa shape index (κ3) is 4.05. The number of nitrogens with zero attached hydrogens (tertiary/aromatic N) is 1. The van der Waals surface area contributed by atoms with Crippen LogP contribution in [0.4, 0.5) is 5.69 Å². The Morgan fingerprint density at radius 1 is 0.917 bits per heavy atom. The molecule has 2 rings (SSSR count). The van der Waals surface area contributed by atoms with E-state index in [9.17, 15) is 5.11 Å². The second kappa shape index (κ2) is 6.43. The highest BCUT2D eigenvalue weighted by molar-refractivity contribution is 5.87. The predicted molar refractivity (Wildman–Crippen MR) is 104 cm³/mol.